The molecule has 2 saturated heterocycles. The Kier molecular flexibility index (Phi) is 10.9. The number of rotatable bonds is 6. The molecule has 2 aromatic rings. The van der Waals surface area contributed by atoms with Crippen molar-refractivity contribution in [3.63, 3.8) is 0 Å². The summed E-state index contributed by atoms with van der Waals surface area (Å²) in [6.45, 7) is 19.9. The van der Waals surface area contributed by atoms with Crippen LogP contribution < -0.4 is 0 Å². The number of ether oxygens (including phenoxy) is 5. The van der Waals surface area contributed by atoms with Crippen molar-refractivity contribution in [1.82, 2.24) is 4.90 Å². The van der Waals surface area contributed by atoms with Crippen molar-refractivity contribution in [1.29, 1.82) is 0 Å². The Hall–Kier alpha value is -3.99. The second kappa shape index (κ2) is 14.3. The largest absolute Gasteiger partial charge is 0.462 e. The third-order valence-corrected chi connectivity index (χ3v) is 10.0. The van der Waals surface area contributed by atoms with Gasteiger partial charge >= 0.3 is 23.9 Å². The first-order chi connectivity index (χ1) is 24.4. The zero-order valence-corrected chi connectivity index (χ0v) is 33.4. The number of hydrogen-bond acceptors (Lipinski definition) is 10. The summed E-state index contributed by atoms with van der Waals surface area (Å²) in [6, 6.07) is 11.7. The van der Waals surface area contributed by atoms with Crippen molar-refractivity contribution < 1.29 is 47.7 Å². The summed E-state index contributed by atoms with van der Waals surface area (Å²) in [6.07, 6.45) is -5.18. The van der Waals surface area contributed by atoms with Crippen LogP contribution in [0, 0.1) is 27.6 Å². The average Bonchev–Trinajstić information content (AvgIpc) is 3.03. The molecule has 0 N–H and O–H groups in total. The molecule has 2 aromatic carbocycles. The van der Waals surface area contributed by atoms with E-state index in [1.165, 1.54) is 0 Å². The highest BCUT2D eigenvalue weighted by Gasteiger charge is 2.58. The van der Waals surface area contributed by atoms with Crippen molar-refractivity contribution in [3.05, 3.63) is 47.5 Å². The first-order valence-corrected chi connectivity index (χ1v) is 18.7. The molecule has 5 rings (SSSR count). The zero-order chi connectivity index (χ0) is 39.4. The van der Waals surface area contributed by atoms with Gasteiger partial charge in [0.2, 0.25) is 5.91 Å². The van der Waals surface area contributed by atoms with Crippen LogP contribution in [-0.2, 0) is 54.1 Å². The quantitative estimate of drug-likeness (QED) is 0.229. The fraction of sp³-hybridized carbons (Fsp3) is 0.643. The smallest absolute Gasteiger partial charge is 0.311 e. The van der Waals surface area contributed by atoms with Gasteiger partial charge in [0.05, 0.1) is 27.7 Å². The molecule has 3 aliphatic rings. The number of hydrogen-bond donors (Lipinski definition) is 0. The Morgan fingerprint density at radius 1 is 0.679 bits per heavy atom. The van der Waals surface area contributed by atoms with Crippen molar-refractivity contribution in [2.24, 2.45) is 27.6 Å². The number of carbonyl (C=O) groups excluding carboxylic acids is 5. The van der Waals surface area contributed by atoms with Gasteiger partial charge in [-0.25, -0.2) is 0 Å². The van der Waals surface area contributed by atoms with Gasteiger partial charge in [-0.2, -0.15) is 0 Å². The molecule has 0 radical (unpaired) electrons. The molecule has 0 aromatic heterocycles. The van der Waals surface area contributed by atoms with Crippen LogP contribution in [0.4, 0.5) is 0 Å². The van der Waals surface area contributed by atoms with E-state index in [2.05, 4.69) is 12.1 Å². The fourth-order valence-electron chi connectivity index (χ4n) is 6.90. The normalized spacial score (nSPS) is 26.4. The topological polar surface area (TPSA) is 135 Å². The predicted molar refractivity (Wildman–Crippen MR) is 197 cm³/mol. The molecule has 290 valence electrons. The van der Waals surface area contributed by atoms with Gasteiger partial charge in [0, 0.05) is 6.42 Å². The van der Waals surface area contributed by atoms with Crippen LogP contribution in [-0.4, -0.2) is 71.9 Å². The van der Waals surface area contributed by atoms with E-state index in [4.69, 9.17) is 23.7 Å². The van der Waals surface area contributed by atoms with Crippen molar-refractivity contribution in [2.75, 3.05) is 6.61 Å². The second-order valence-electron chi connectivity index (χ2n) is 19.0. The molecule has 2 aliphatic heterocycles. The minimum atomic E-state index is -1.44. The molecule has 2 heterocycles. The van der Waals surface area contributed by atoms with E-state index in [9.17, 15) is 24.0 Å². The minimum absolute atomic E-state index is 0.0692. The van der Waals surface area contributed by atoms with Crippen LogP contribution in [0.2, 0.25) is 0 Å². The molecule has 2 bridgehead atoms. The molecular weight excluding hydrogens is 678 g/mol. The molecule has 0 saturated carbocycles. The third-order valence-electron chi connectivity index (χ3n) is 10.0. The van der Waals surface area contributed by atoms with Gasteiger partial charge in [-0.3, -0.25) is 24.0 Å². The van der Waals surface area contributed by atoms with E-state index in [0.717, 1.165) is 28.3 Å². The molecule has 1 aliphatic carbocycles. The maximum Gasteiger partial charge on any atom is 0.311 e. The summed E-state index contributed by atoms with van der Waals surface area (Å²) in [4.78, 5) is 70.4. The number of fused-ring (bicyclic) bond motifs is 6. The van der Waals surface area contributed by atoms with Gasteiger partial charge in [0.25, 0.3) is 0 Å². The summed E-state index contributed by atoms with van der Waals surface area (Å²) in [7, 11) is 0. The molecule has 0 spiro atoms. The number of nitrogens with zero attached hydrogens (tertiary/aromatic N) is 1. The van der Waals surface area contributed by atoms with E-state index in [1.54, 1.807) is 88.0 Å². The van der Waals surface area contributed by atoms with Crippen molar-refractivity contribution in [2.45, 2.75) is 139 Å². The molecule has 11 nitrogen and oxygen atoms in total. The fourth-order valence-corrected chi connectivity index (χ4v) is 6.90. The number of piperidine rings is 1. The summed E-state index contributed by atoms with van der Waals surface area (Å²) < 4.78 is 31.2. The van der Waals surface area contributed by atoms with Crippen LogP contribution >= 0.6 is 0 Å². The summed E-state index contributed by atoms with van der Waals surface area (Å²) in [5.74, 6) is -2.61. The molecule has 7 atom stereocenters. The number of esters is 4. The number of carbonyl (C=O) groups is 5. The maximum absolute atomic E-state index is 14.4. The Balaban J connectivity index is 1.69. The van der Waals surface area contributed by atoms with Gasteiger partial charge < -0.3 is 28.6 Å². The van der Waals surface area contributed by atoms with E-state index in [-0.39, 0.29) is 18.2 Å². The highest BCUT2D eigenvalue weighted by atomic mass is 16.7. The summed E-state index contributed by atoms with van der Waals surface area (Å²) >= 11 is 0. The minimum Gasteiger partial charge on any atom is -0.462 e. The van der Waals surface area contributed by atoms with Gasteiger partial charge in [0.1, 0.15) is 12.7 Å². The SMILES string of the molecule is CC(C)(C)C(=O)OC[C@H]1O[C@@H](N2C(=O)CC3Cc4c(ccc5ccccc45)C2C3)[C@H](OC(=O)C(C)(C)C)[C@@H](OC(=O)C(C)(C)C)[C@H]1OC(=O)C(C)(C)C. The van der Waals surface area contributed by atoms with Crippen LogP contribution in [0.3, 0.4) is 0 Å². The lowest BCUT2D eigenvalue weighted by molar-refractivity contribution is -0.287. The van der Waals surface area contributed by atoms with Gasteiger partial charge in [-0.05, 0) is 124 Å². The standard InChI is InChI=1S/C42H57NO10/c1-39(2,3)35(45)49-22-29-31(51-36(46)40(4,5)6)32(52-37(47)41(7,8)9)33(53-38(48)42(10,11)12)34(50-29)43-28-20-23(21-30(43)44)19-27-25-16-14-13-15-24(25)17-18-26(27)28/h13-18,23,28-29,31-34H,19-22H2,1-12H3/t23?,28?,29-,31+,32+,33-,34-/m1/s1. The molecule has 2 unspecified atom stereocenters. The Labute approximate surface area is 313 Å². The zero-order valence-electron chi connectivity index (χ0n) is 33.4. The average molecular weight is 736 g/mol. The second-order valence-corrected chi connectivity index (χ2v) is 19.0. The van der Waals surface area contributed by atoms with Gasteiger partial charge in [-0.15, -0.1) is 0 Å². The predicted octanol–water partition coefficient (Wildman–Crippen LogP) is 6.86. The van der Waals surface area contributed by atoms with Crippen LogP contribution in [0.25, 0.3) is 10.8 Å². The summed E-state index contributed by atoms with van der Waals surface area (Å²) in [5, 5.41) is 2.20. The number of benzene rings is 2. The molecule has 2 fully saturated rings. The highest BCUT2D eigenvalue weighted by molar-refractivity contribution is 5.88. The van der Waals surface area contributed by atoms with E-state index < -0.39 is 88.8 Å². The highest BCUT2D eigenvalue weighted by Crippen LogP contribution is 2.48. The molecule has 11 heteroatoms. The maximum atomic E-state index is 14.4. The molecule has 1 amide bonds. The monoisotopic (exact) mass is 735 g/mol. The van der Waals surface area contributed by atoms with Crippen molar-refractivity contribution >= 4 is 40.6 Å². The Morgan fingerprint density at radius 3 is 1.77 bits per heavy atom. The first kappa shape index (κ1) is 40.2. The van der Waals surface area contributed by atoms with Gasteiger partial charge in [-0.1, -0.05) is 36.4 Å². The van der Waals surface area contributed by atoms with Crippen molar-refractivity contribution in [3.8, 4) is 0 Å². The first-order valence-electron chi connectivity index (χ1n) is 18.7. The Morgan fingerprint density at radius 2 is 1.21 bits per heavy atom. The summed E-state index contributed by atoms with van der Waals surface area (Å²) in [5.41, 5.74) is -1.79. The Bertz CT molecular complexity index is 1750. The number of amides is 1. The van der Waals surface area contributed by atoms with E-state index in [1.807, 2.05) is 24.3 Å². The lowest BCUT2D eigenvalue weighted by Gasteiger charge is -2.53. The lowest BCUT2D eigenvalue weighted by atomic mass is 9.73. The van der Waals surface area contributed by atoms with Crippen LogP contribution in [0.1, 0.15) is 113 Å². The lowest BCUT2D eigenvalue weighted by Crippen LogP contribution is -2.68. The van der Waals surface area contributed by atoms with Gasteiger partial charge in [0.15, 0.2) is 24.5 Å². The van der Waals surface area contributed by atoms with Crippen LogP contribution in [0.15, 0.2) is 36.4 Å². The van der Waals surface area contributed by atoms with Crippen LogP contribution in [0.5, 0.6) is 0 Å². The van der Waals surface area contributed by atoms with E-state index >= 15 is 0 Å². The third kappa shape index (κ3) is 8.55. The molecular formula is C42H57NO10. The number of likely N-dealkylation sites (tertiary alicyclic amines) is 1. The van der Waals surface area contributed by atoms with E-state index in [0.29, 0.717) is 6.42 Å². The molecule has 53 heavy (non-hydrogen) atoms.